The topological polar surface area (TPSA) is 59.9 Å². The molecule has 1 aliphatic rings. The lowest BCUT2D eigenvalue weighted by atomic mass is 9.94. The Hall–Kier alpha value is -3.03. The first kappa shape index (κ1) is 20.7. The van der Waals surface area contributed by atoms with Crippen molar-refractivity contribution in [3.05, 3.63) is 65.2 Å². The van der Waals surface area contributed by atoms with E-state index < -0.39 is 17.3 Å². The van der Waals surface area contributed by atoms with Gasteiger partial charge in [0, 0.05) is 18.5 Å². The summed E-state index contributed by atoms with van der Waals surface area (Å²) >= 11 is 0. The van der Waals surface area contributed by atoms with Crippen molar-refractivity contribution in [2.45, 2.75) is 31.5 Å². The third kappa shape index (κ3) is 4.70. The molecule has 1 amide bonds. The zero-order valence-electron chi connectivity index (χ0n) is 16.0. The van der Waals surface area contributed by atoms with Gasteiger partial charge in [0.05, 0.1) is 18.4 Å². The fourth-order valence-corrected chi connectivity index (χ4v) is 3.06. The first-order valence-corrected chi connectivity index (χ1v) is 9.06. The Kier molecular flexibility index (Phi) is 5.81. The van der Waals surface area contributed by atoms with Crippen LogP contribution < -0.4 is 10.1 Å². The van der Waals surface area contributed by atoms with Gasteiger partial charge in [-0.25, -0.2) is 0 Å². The van der Waals surface area contributed by atoms with E-state index in [-0.39, 0.29) is 18.9 Å². The summed E-state index contributed by atoms with van der Waals surface area (Å²) < 4.78 is 43.1. The summed E-state index contributed by atoms with van der Waals surface area (Å²) in [6.07, 6.45) is -3.68. The summed E-state index contributed by atoms with van der Waals surface area (Å²) in [5.74, 6) is 0.305. The first-order valence-electron chi connectivity index (χ1n) is 9.06. The highest BCUT2D eigenvalue weighted by molar-refractivity contribution is 6.07. The van der Waals surface area contributed by atoms with Gasteiger partial charge in [0.2, 0.25) is 5.60 Å². The molecule has 5 nitrogen and oxygen atoms in total. The number of alkyl halides is 3. The van der Waals surface area contributed by atoms with E-state index in [2.05, 4.69) is 10.5 Å². The van der Waals surface area contributed by atoms with Gasteiger partial charge >= 0.3 is 6.18 Å². The van der Waals surface area contributed by atoms with Crippen molar-refractivity contribution >= 4 is 11.6 Å². The number of carbonyl (C=O) groups is 1. The van der Waals surface area contributed by atoms with Gasteiger partial charge in [0.1, 0.15) is 5.75 Å². The van der Waals surface area contributed by atoms with E-state index in [1.807, 2.05) is 18.2 Å². The number of oxime groups is 1. The van der Waals surface area contributed by atoms with Crippen LogP contribution >= 0.6 is 0 Å². The number of methoxy groups -OCH3 is 1. The molecule has 0 aromatic heterocycles. The summed E-state index contributed by atoms with van der Waals surface area (Å²) in [5, 5.41) is 6.83. The van der Waals surface area contributed by atoms with Crippen LogP contribution in [0.5, 0.6) is 5.75 Å². The molecule has 0 spiro atoms. The smallest absolute Gasteiger partial charge is 0.416 e. The largest absolute Gasteiger partial charge is 0.496 e. The minimum atomic E-state index is -4.36. The quantitative estimate of drug-likeness (QED) is 0.790. The minimum Gasteiger partial charge on any atom is -0.496 e. The molecule has 1 aliphatic heterocycles. The molecule has 2 aromatic rings. The number of halogens is 3. The summed E-state index contributed by atoms with van der Waals surface area (Å²) in [7, 11) is 1.56. The van der Waals surface area contributed by atoms with Crippen molar-refractivity contribution in [2.75, 3.05) is 13.7 Å². The van der Waals surface area contributed by atoms with Crippen LogP contribution in [0.2, 0.25) is 0 Å². The molecular weight excluding hydrogens is 385 g/mol. The van der Waals surface area contributed by atoms with Gasteiger partial charge in [0.15, 0.2) is 0 Å². The maximum absolute atomic E-state index is 12.6. The fourth-order valence-electron chi connectivity index (χ4n) is 3.06. The minimum absolute atomic E-state index is 0.271. The summed E-state index contributed by atoms with van der Waals surface area (Å²) in [5.41, 5.74) is 0.218. The van der Waals surface area contributed by atoms with Crippen molar-refractivity contribution in [3.63, 3.8) is 0 Å². The molecule has 8 heteroatoms. The van der Waals surface area contributed by atoms with Crippen LogP contribution in [0.4, 0.5) is 13.2 Å². The molecule has 0 radical (unpaired) electrons. The first-order chi connectivity index (χ1) is 13.7. The number of rotatable bonds is 6. The lowest BCUT2D eigenvalue weighted by Gasteiger charge is -2.20. The number of carbonyl (C=O) groups excluding carboxylic acids is 1. The molecule has 29 heavy (non-hydrogen) atoms. The van der Waals surface area contributed by atoms with Crippen LogP contribution in [0.15, 0.2) is 53.7 Å². The molecule has 0 saturated heterocycles. The third-order valence-electron chi connectivity index (χ3n) is 4.74. The van der Waals surface area contributed by atoms with Crippen LogP contribution in [0, 0.1) is 0 Å². The zero-order chi connectivity index (χ0) is 21.1. The number of hydrogen-bond donors (Lipinski definition) is 1. The molecule has 1 heterocycles. The molecule has 1 atom stereocenters. The van der Waals surface area contributed by atoms with Crippen LogP contribution in [0.3, 0.4) is 0 Å². The van der Waals surface area contributed by atoms with E-state index in [1.165, 1.54) is 12.1 Å². The Balaban J connectivity index is 1.55. The number of benzene rings is 2. The Morgan fingerprint density at radius 2 is 1.90 bits per heavy atom. The van der Waals surface area contributed by atoms with E-state index in [9.17, 15) is 18.0 Å². The molecule has 154 valence electrons. The van der Waals surface area contributed by atoms with E-state index in [1.54, 1.807) is 20.1 Å². The molecule has 0 unspecified atom stereocenters. The normalized spacial score (nSPS) is 18.7. The average Bonchev–Trinajstić information content (AvgIpc) is 3.11. The fraction of sp³-hybridized carbons (Fsp3) is 0.333. The molecule has 0 bridgehead atoms. The van der Waals surface area contributed by atoms with Gasteiger partial charge in [-0.15, -0.1) is 0 Å². The van der Waals surface area contributed by atoms with Crippen LogP contribution in [0.1, 0.15) is 30.0 Å². The Morgan fingerprint density at radius 3 is 2.55 bits per heavy atom. The Bertz CT molecular complexity index is 910. The monoisotopic (exact) mass is 406 g/mol. The average molecular weight is 406 g/mol. The van der Waals surface area contributed by atoms with E-state index >= 15 is 0 Å². The summed E-state index contributed by atoms with van der Waals surface area (Å²) in [6, 6.07) is 12.2. The predicted octanol–water partition coefficient (Wildman–Crippen LogP) is 3.96. The van der Waals surface area contributed by atoms with E-state index in [0.29, 0.717) is 23.4 Å². The number of amides is 1. The summed E-state index contributed by atoms with van der Waals surface area (Å²) in [4.78, 5) is 18.0. The number of nitrogens with one attached hydrogen (secondary N) is 1. The maximum atomic E-state index is 12.6. The summed E-state index contributed by atoms with van der Waals surface area (Å²) in [6.45, 7) is 1.92. The highest BCUT2D eigenvalue weighted by atomic mass is 19.4. The number of hydrogen-bond acceptors (Lipinski definition) is 4. The SMILES string of the molecule is COc1ccccc1C1=NO[C@@](C)(C(=O)NCCc2ccc(C(F)(F)F)cc2)C1. The van der Waals surface area contributed by atoms with Gasteiger partial charge in [-0.2, -0.15) is 13.2 Å². The van der Waals surface area contributed by atoms with Gasteiger partial charge < -0.3 is 14.9 Å². The Labute approximate surface area is 166 Å². The van der Waals surface area contributed by atoms with Gasteiger partial charge in [-0.1, -0.05) is 29.4 Å². The number of ether oxygens (including phenoxy) is 1. The second-order valence-corrected chi connectivity index (χ2v) is 6.94. The highest BCUT2D eigenvalue weighted by Gasteiger charge is 2.42. The molecule has 0 fully saturated rings. The molecule has 0 saturated carbocycles. The van der Waals surface area contributed by atoms with E-state index in [0.717, 1.165) is 17.7 Å². The highest BCUT2D eigenvalue weighted by Crippen LogP contribution is 2.31. The maximum Gasteiger partial charge on any atom is 0.416 e. The molecule has 2 aromatic carbocycles. The van der Waals surface area contributed by atoms with E-state index in [4.69, 9.17) is 9.57 Å². The van der Waals surface area contributed by atoms with Crippen molar-refractivity contribution < 1.29 is 27.5 Å². The van der Waals surface area contributed by atoms with Crippen molar-refractivity contribution in [2.24, 2.45) is 5.16 Å². The number of para-hydroxylation sites is 1. The zero-order valence-corrected chi connectivity index (χ0v) is 16.0. The van der Waals surface area contributed by atoms with Crippen molar-refractivity contribution in [1.82, 2.24) is 5.32 Å². The Morgan fingerprint density at radius 1 is 1.21 bits per heavy atom. The van der Waals surface area contributed by atoms with Crippen molar-refractivity contribution in [3.8, 4) is 5.75 Å². The molecule has 3 rings (SSSR count). The lowest BCUT2D eigenvalue weighted by Crippen LogP contribution is -2.45. The molecule has 0 aliphatic carbocycles. The standard InChI is InChI=1S/C21H21F3N2O3/c1-20(13-17(26-29-20)16-5-3-4-6-18(16)28-2)19(27)25-12-11-14-7-9-15(10-8-14)21(22,23)24/h3-10H,11-13H2,1-2H3,(H,25,27)/t20-/m1/s1. The van der Waals surface area contributed by atoms with Crippen LogP contribution in [-0.2, 0) is 22.2 Å². The van der Waals surface area contributed by atoms with Gasteiger partial charge in [0.25, 0.3) is 5.91 Å². The van der Waals surface area contributed by atoms with Gasteiger partial charge in [-0.3, -0.25) is 4.79 Å². The second kappa shape index (κ2) is 8.14. The third-order valence-corrected chi connectivity index (χ3v) is 4.74. The molecular formula is C21H21F3N2O3. The van der Waals surface area contributed by atoms with Crippen LogP contribution in [-0.4, -0.2) is 30.9 Å². The number of nitrogens with zero attached hydrogens (tertiary/aromatic N) is 1. The second-order valence-electron chi connectivity index (χ2n) is 6.94. The van der Waals surface area contributed by atoms with Crippen LogP contribution in [0.25, 0.3) is 0 Å². The van der Waals surface area contributed by atoms with Crippen molar-refractivity contribution in [1.29, 1.82) is 0 Å². The lowest BCUT2D eigenvalue weighted by molar-refractivity contribution is -0.141. The predicted molar refractivity (Wildman–Crippen MR) is 102 cm³/mol. The van der Waals surface area contributed by atoms with Gasteiger partial charge in [-0.05, 0) is 43.2 Å². The molecule has 1 N–H and O–H groups in total.